The van der Waals surface area contributed by atoms with Gasteiger partial charge in [0.2, 0.25) is 0 Å². The van der Waals surface area contributed by atoms with Gasteiger partial charge < -0.3 is 0 Å². The van der Waals surface area contributed by atoms with Crippen LogP contribution in [0.4, 0.5) is 0 Å². The maximum Gasteiger partial charge on any atom is 0.261 e. The quantitative estimate of drug-likeness (QED) is 0.857. The van der Waals surface area contributed by atoms with Crippen LogP contribution in [-0.4, -0.2) is 33.4 Å². The van der Waals surface area contributed by atoms with E-state index in [1.54, 1.807) is 12.1 Å². The fourth-order valence-electron chi connectivity index (χ4n) is 1.13. The minimum Gasteiger partial charge on any atom is -0.286 e. The molecule has 1 aromatic carbocycles. The van der Waals surface area contributed by atoms with E-state index in [9.17, 15) is 16.8 Å². The highest BCUT2D eigenvalue weighted by Gasteiger charge is 2.11. The van der Waals surface area contributed by atoms with Crippen molar-refractivity contribution in [2.24, 2.45) is 0 Å². The van der Waals surface area contributed by atoms with Crippen molar-refractivity contribution >= 4 is 20.0 Å². The summed E-state index contributed by atoms with van der Waals surface area (Å²) < 4.78 is 49.0. The molecule has 1 rings (SSSR count). The van der Waals surface area contributed by atoms with Crippen LogP contribution in [0.3, 0.4) is 0 Å². The van der Waals surface area contributed by atoms with Gasteiger partial charge in [-0.3, -0.25) is 4.55 Å². The van der Waals surface area contributed by atoms with Crippen LogP contribution in [0.1, 0.15) is 18.9 Å². The molecule has 0 fully saturated rings. The van der Waals surface area contributed by atoms with Gasteiger partial charge in [0.1, 0.15) is 0 Å². The molecule has 18 heavy (non-hydrogen) atoms. The van der Waals surface area contributed by atoms with E-state index >= 15 is 0 Å². The standard InChI is InChI=1S/C10H14O2S.CH4O3S/c1-3-8-13(11,12)10-6-4-9(2)5-7-10;1-5(2,3)4/h4-7H,3,8H2,1-2H3;1H3,(H,2,3,4). The molecule has 0 amide bonds. The maximum atomic E-state index is 11.5. The van der Waals surface area contributed by atoms with E-state index in [2.05, 4.69) is 0 Å². The molecule has 0 atom stereocenters. The fraction of sp³-hybridized carbons (Fsp3) is 0.455. The summed E-state index contributed by atoms with van der Waals surface area (Å²) in [7, 11) is -6.69. The molecular formula is C11H18O5S2. The molecule has 5 nitrogen and oxygen atoms in total. The molecule has 0 saturated heterocycles. The van der Waals surface area contributed by atoms with E-state index in [0.717, 1.165) is 5.56 Å². The fourth-order valence-corrected chi connectivity index (χ4v) is 2.46. The summed E-state index contributed by atoms with van der Waals surface area (Å²) in [6.45, 7) is 3.81. The zero-order chi connectivity index (χ0) is 14.4. The van der Waals surface area contributed by atoms with Crippen LogP contribution in [0.2, 0.25) is 0 Å². The molecule has 0 saturated carbocycles. The molecule has 0 unspecified atom stereocenters. The Morgan fingerprint density at radius 1 is 1.06 bits per heavy atom. The van der Waals surface area contributed by atoms with Crippen LogP contribution in [0.25, 0.3) is 0 Å². The molecule has 0 aliphatic rings. The molecule has 0 aliphatic heterocycles. The first-order chi connectivity index (χ1) is 8.06. The van der Waals surface area contributed by atoms with Crippen molar-refractivity contribution in [2.75, 3.05) is 12.0 Å². The summed E-state index contributed by atoms with van der Waals surface area (Å²) in [6.07, 6.45) is 1.38. The Balaban J connectivity index is 0.000000494. The second-order valence-electron chi connectivity index (χ2n) is 3.86. The van der Waals surface area contributed by atoms with Crippen LogP contribution in [0, 0.1) is 6.92 Å². The van der Waals surface area contributed by atoms with Gasteiger partial charge in [0.05, 0.1) is 16.9 Å². The van der Waals surface area contributed by atoms with Crippen LogP contribution in [0.5, 0.6) is 0 Å². The smallest absolute Gasteiger partial charge is 0.261 e. The molecule has 0 aromatic heterocycles. The average Bonchev–Trinajstić information content (AvgIpc) is 2.15. The maximum absolute atomic E-state index is 11.5. The summed E-state index contributed by atoms with van der Waals surface area (Å²) in [5.74, 6) is 0.232. The molecule has 104 valence electrons. The number of hydrogen-bond acceptors (Lipinski definition) is 4. The summed E-state index contributed by atoms with van der Waals surface area (Å²) in [5, 5.41) is 0. The number of hydrogen-bond donors (Lipinski definition) is 1. The van der Waals surface area contributed by atoms with Crippen molar-refractivity contribution in [1.82, 2.24) is 0 Å². The van der Waals surface area contributed by atoms with E-state index in [1.807, 2.05) is 26.0 Å². The predicted octanol–water partition coefficient (Wildman–Crippen LogP) is 1.68. The van der Waals surface area contributed by atoms with Gasteiger partial charge in [0.25, 0.3) is 10.1 Å². The molecule has 0 aliphatic carbocycles. The Labute approximate surface area is 109 Å². The van der Waals surface area contributed by atoms with Crippen molar-refractivity contribution in [3.63, 3.8) is 0 Å². The summed E-state index contributed by atoms with van der Waals surface area (Å²) in [6, 6.07) is 6.98. The number of sulfone groups is 1. The normalized spacial score (nSPS) is 11.6. The lowest BCUT2D eigenvalue weighted by Crippen LogP contribution is -2.05. The SMILES string of the molecule is CCCS(=O)(=O)c1ccc(C)cc1.CS(=O)(=O)O. The third-order valence-corrected chi connectivity index (χ3v) is 3.79. The van der Waals surface area contributed by atoms with Crippen LogP contribution >= 0.6 is 0 Å². The minimum atomic E-state index is -3.67. The van der Waals surface area contributed by atoms with Crippen molar-refractivity contribution in [3.05, 3.63) is 29.8 Å². The van der Waals surface area contributed by atoms with Crippen molar-refractivity contribution in [2.45, 2.75) is 25.2 Å². The lowest BCUT2D eigenvalue weighted by molar-refractivity contribution is 0.490. The second kappa shape index (κ2) is 6.86. The van der Waals surface area contributed by atoms with Gasteiger partial charge in [0.15, 0.2) is 9.84 Å². The number of aryl methyl sites for hydroxylation is 1. The van der Waals surface area contributed by atoms with Gasteiger partial charge >= 0.3 is 0 Å². The lowest BCUT2D eigenvalue weighted by Gasteiger charge is -2.02. The van der Waals surface area contributed by atoms with E-state index in [-0.39, 0.29) is 5.75 Å². The average molecular weight is 294 g/mol. The van der Waals surface area contributed by atoms with Gasteiger partial charge in [-0.2, -0.15) is 8.42 Å². The van der Waals surface area contributed by atoms with E-state index in [1.165, 1.54) is 0 Å². The van der Waals surface area contributed by atoms with Gasteiger partial charge in [-0.25, -0.2) is 8.42 Å². The van der Waals surface area contributed by atoms with Gasteiger partial charge in [-0.05, 0) is 25.5 Å². The van der Waals surface area contributed by atoms with Crippen LogP contribution in [-0.2, 0) is 20.0 Å². The zero-order valence-electron chi connectivity index (χ0n) is 10.6. The van der Waals surface area contributed by atoms with Crippen molar-refractivity contribution < 1.29 is 21.4 Å². The van der Waals surface area contributed by atoms with Crippen LogP contribution in [0.15, 0.2) is 29.2 Å². The first-order valence-electron chi connectivity index (χ1n) is 5.28. The Bertz CT molecular complexity index is 548. The van der Waals surface area contributed by atoms with Gasteiger partial charge in [-0.15, -0.1) is 0 Å². The predicted molar refractivity (Wildman–Crippen MR) is 71.0 cm³/mol. The highest BCUT2D eigenvalue weighted by Crippen LogP contribution is 2.12. The second-order valence-corrected chi connectivity index (χ2v) is 7.44. The highest BCUT2D eigenvalue weighted by molar-refractivity contribution is 7.91. The largest absolute Gasteiger partial charge is 0.286 e. The summed E-state index contributed by atoms with van der Waals surface area (Å²) in [4.78, 5) is 0.431. The molecule has 0 heterocycles. The van der Waals surface area contributed by atoms with Gasteiger partial charge in [0, 0.05) is 0 Å². The minimum absolute atomic E-state index is 0.232. The molecule has 0 spiro atoms. The molecule has 0 bridgehead atoms. The lowest BCUT2D eigenvalue weighted by atomic mass is 10.2. The zero-order valence-corrected chi connectivity index (χ0v) is 12.3. The number of rotatable bonds is 3. The molecule has 1 aromatic rings. The summed E-state index contributed by atoms with van der Waals surface area (Å²) in [5.41, 5.74) is 1.08. The first-order valence-corrected chi connectivity index (χ1v) is 8.78. The Morgan fingerprint density at radius 3 is 1.78 bits per heavy atom. The topological polar surface area (TPSA) is 88.5 Å². The molecule has 7 heteroatoms. The molecule has 1 N–H and O–H groups in total. The first kappa shape index (κ1) is 17.1. The summed E-state index contributed by atoms with van der Waals surface area (Å²) >= 11 is 0. The van der Waals surface area contributed by atoms with E-state index in [4.69, 9.17) is 4.55 Å². The van der Waals surface area contributed by atoms with Crippen LogP contribution < -0.4 is 0 Å². The third-order valence-electron chi connectivity index (χ3n) is 1.85. The Kier molecular flexibility index (Phi) is 6.51. The molecular weight excluding hydrogens is 276 g/mol. The van der Waals surface area contributed by atoms with Crippen molar-refractivity contribution in [3.8, 4) is 0 Å². The van der Waals surface area contributed by atoms with E-state index in [0.29, 0.717) is 17.6 Å². The third kappa shape index (κ3) is 8.21. The van der Waals surface area contributed by atoms with Crippen molar-refractivity contribution in [1.29, 1.82) is 0 Å². The number of benzene rings is 1. The monoisotopic (exact) mass is 294 g/mol. The Morgan fingerprint density at radius 2 is 1.44 bits per heavy atom. The Hall–Kier alpha value is -0.920. The van der Waals surface area contributed by atoms with E-state index < -0.39 is 20.0 Å². The molecule has 0 radical (unpaired) electrons. The highest BCUT2D eigenvalue weighted by atomic mass is 32.2. The van der Waals surface area contributed by atoms with Gasteiger partial charge in [-0.1, -0.05) is 24.6 Å².